The zero-order valence-corrected chi connectivity index (χ0v) is 11.2. The molecule has 0 radical (unpaired) electrons. The van der Waals surface area contributed by atoms with Crippen LogP contribution in [0.15, 0.2) is 18.2 Å². The standard InChI is InChI=1S/C13H16BrF2N/c14-7-10-2-1-5-17(8-10)9-11-3-4-12(15)6-13(11)16/h3-4,6,10H,1-2,5,7-9H2. The summed E-state index contributed by atoms with van der Waals surface area (Å²) < 4.78 is 26.3. The van der Waals surface area contributed by atoms with Crippen LogP contribution in [-0.4, -0.2) is 23.3 Å². The lowest BCUT2D eigenvalue weighted by Crippen LogP contribution is -2.35. The number of rotatable bonds is 3. The van der Waals surface area contributed by atoms with Crippen LogP contribution in [-0.2, 0) is 6.54 Å². The highest BCUT2D eigenvalue weighted by Crippen LogP contribution is 2.21. The van der Waals surface area contributed by atoms with Gasteiger partial charge >= 0.3 is 0 Å². The van der Waals surface area contributed by atoms with Crippen molar-refractivity contribution < 1.29 is 8.78 Å². The lowest BCUT2D eigenvalue weighted by Gasteiger charge is -2.31. The molecule has 94 valence electrons. The van der Waals surface area contributed by atoms with Gasteiger partial charge in [0.1, 0.15) is 11.6 Å². The molecular weight excluding hydrogens is 288 g/mol. The summed E-state index contributed by atoms with van der Waals surface area (Å²) in [6.45, 7) is 2.57. The van der Waals surface area contributed by atoms with Crippen molar-refractivity contribution in [3.05, 3.63) is 35.4 Å². The van der Waals surface area contributed by atoms with E-state index < -0.39 is 11.6 Å². The Labute approximate surface area is 109 Å². The molecule has 1 fully saturated rings. The summed E-state index contributed by atoms with van der Waals surface area (Å²) in [5, 5.41) is 0.995. The maximum atomic E-state index is 13.5. The lowest BCUT2D eigenvalue weighted by atomic mass is 9.99. The van der Waals surface area contributed by atoms with Gasteiger partial charge < -0.3 is 0 Å². The van der Waals surface area contributed by atoms with Crippen LogP contribution in [0.2, 0.25) is 0 Å². The highest BCUT2D eigenvalue weighted by atomic mass is 79.9. The minimum atomic E-state index is -0.511. The second kappa shape index (κ2) is 5.91. The van der Waals surface area contributed by atoms with Crippen molar-refractivity contribution in [3.8, 4) is 0 Å². The first-order valence-corrected chi connectivity index (χ1v) is 7.03. The van der Waals surface area contributed by atoms with Crippen molar-refractivity contribution in [2.24, 2.45) is 5.92 Å². The first-order valence-electron chi connectivity index (χ1n) is 5.91. The fraction of sp³-hybridized carbons (Fsp3) is 0.538. The van der Waals surface area contributed by atoms with Gasteiger partial charge in [0.2, 0.25) is 0 Å². The third-order valence-electron chi connectivity index (χ3n) is 3.23. The minimum Gasteiger partial charge on any atom is -0.299 e. The van der Waals surface area contributed by atoms with Crippen LogP contribution < -0.4 is 0 Å². The molecule has 1 unspecified atom stereocenters. The van der Waals surface area contributed by atoms with Crippen LogP contribution in [0.3, 0.4) is 0 Å². The number of hydrogen-bond acceptors (Lipinski definition) is 1. The number of benzene rings is 1. The molecule has 0 aliphatic carbocycles. The Morgan fingerprint density at radius 1 is 1.35 bits per heavy atom. The van der Waals surface area contributed by atoms with Gasteiger partial charge in [-0.15, -0.1) is 0 Å². The van der Waals surface area contributed by atoms with Crippen molar-refractivity contribution in [1.29, 1.82) is 0 Å². The summed E-state index contributed by atoms with van der Waals surface area (Å²) in [5.41, 5.74) is 0.585. The Balaban J connectivity index is 2.00. The van der Waals surface area contributed by atoms with E-state index in [0.29, 0.717) is 18.0 Å². The molecule has 1 aliphatic rings. The second-order valence-electron chi connectivity index (χ2n) is 4.63. The van der Waals surface area contributed by atoms with Crippen molar-refractivity contribution >= 4 is 15.9 Å². The number of nitrogens with zero attached hydrogens (tertiary/aromatic N) is 1. The SMILES string of the molecule is Fc1ccc(CN2CCCC(CBr)C2)c(F)c1. The molecule has 1 atom stereocenters. The highest BCUT2D eigenvalue weighted by Gasteiger charge is 2.19. The topological polar surface area (TPSA) is 3.24 Å². The third kappa shape index (κ3) is 3.49. The van der Waals surface area contributed by atoms with Gasteiger partial charge in [0.25, 0.3) is 0 Å². The number of piperidine rings is 1. The van der Waals surface area contributed by atoms with E-state index in [2.05, 4.69) is 20.8 Å². The average Bonchev–Trinajstić information content (AvgIpc) is 2.33. The quantitative estimate of drug-likeness (QED) is 0.772. The van der Waals surface area contributed by atoms with E-state index in [-0.39, 0.29) is 0 Å². The number of halogens is 3. The largest absolute Gasteiger partial charge is 0.299 e. The van der Waals surface area contributed by atoms with Crippen LogP contribution in [0.25, 0.3) is 0 Å². The first-order chi connectivity index (χ1) is 8.19. The van der Waals surface area contributed by atoms with Crippen molar-refractivity contribution in [3.63, 3.8) is 0 Å². The van der Waals surface area contributed by atoms with Crippen molar-refractivity contribution in [1.82, 2.24) is 4.90 Å². The summed E-state index contributed by atoms with van der Waals surface area (Å²) in [5.74, 6) is -0.304. The van der Waals surface area contributed by atoms with Gasteiger partial charge in [-0.25, -0.2) is 8.78 Å². The summed E-state index contributed by atoms with van der Waals surface area (Å²) >= 11 is 3.50. The minimum absolute atomic E-state index is 0.439. The molecule has 17 heavy (non-hydrogen) atoms. The van der Waals surface area contributed by atoms with Crippen LogP contribution in [0, 0.1) is 17.6 Å². The van der Waals surface area contributed by atoms with Gasteiger partial charge in [0.05, 0.1) is 0 Å². The Bertz CT molecular complexity index is 384. The molecular formula is C13H16BrF2N. The summed E-state index contributed by atoms with van der Waals surface area (Å²) in [6.07, 6.45) is 2.38. The van der Waals surface area contributed by atoms with E-state index in [1.165, 1.54) is 12.5 Å². The smallest absolute Gasteiger partial charge is 0.130 e. The molecule has 1 saturated heterocycles. The third-order valence-corrected chi connectivity index (χ3v) is 4.15. The predicted molar refractivity (Wildman–Crippen MR) is 68.2 cm³/mol. The molecule has 1 heterocycles. The van der Waals surface area contributed by atoms with E-state index in [1.54, 1.807) is 6.07 Å². The first kappa shape index (κ1) is 13.0. The monoisotopic (exact) mass is 303 g/mol. The zero-order valence-electron chi connectivity index (χ0n) is 9.63. The van der Waals surface area contributed by atoms with Crippen molar-refractivity contribution in [2.75, 3.05) is 18.4 Å². The molecule has 1 nitrogen and oxygen atoms in total. The predicted octanol–water partition coefficient (Wildman–Crippen LogP) is 3.57. The molecule has 1 aromatic rings. The average molecular weight is 304 g/mol. The van der Waals surface area contributed by atoms with Gasteiger partial charge in [0, 0.05) is 30.0 Å². The Kier molecular flexibility index (Phi) is 4.51. The van der Waals surface area contributed by atoms with Gasteiger partial charge in [-0.3, -0.25) is 4.90 Å². The zero-order chi connectivity index (χ0) is 12.3. The summed E-state index contributed by atoms with van der Waals surface area (Å²) in [4.78, 5) is 2.24. The lowest BCUT2D eigenvalue weighted by molar-refractivity contribution is 0.177. The van der Waals surface area contributed by atoms with Gasteiger partial charge in [-0.05, 0) is 31.4 Å². The number of alkyl halides is 1. The molecule has 0 spiro atoms. The fourth-order valence-corrected chi connectivity index (χ4v) is 2.84. The molecule has 2 rings (SSSR count). The van der Waals surface area contributed by atoms with E-state index in [4.69, 9.17) is 0 Å². The molecule has 0 N–H and O–H groups in total. The summed E-state index contributed by atoms with van der Waals surface area (Å²) in [7, 11) is 0. The maximum Gasteiger partial charge on any atom is 0.130 e. The van der Waals surface area contributed by atoms with Gasteiger partial charge in [0.15, 0.2) is 0 Å². The van der Waals surface area contributed by atoms with Crippen LogP contribution in [0.4, 0.5) is 8.78 Å². The number of hydrogen-bond donors (Lipinski definition) is 0. The fourth-order valence-electron chi connectivity index (χ4n) is 2.31. The molecule has 1 aliphatic heterocycles. The maximum absolute atomic E-state index is 13.5. The molecule has 0 bridgehead atoms. The van der Waals surface area contributed by atoms with Gasteiger partial charge in [-0.2, -0.15) is 0 Å². The van der Waals surface area contributed by atoms with E-state index in [9.17, 15) is 8.78 Å². The number of likely N-dealkylation sites (tertiary alicyclic amines) is 1. The second-order valence-corrected chi connectivity index (χ2v) is 5.28. The Morgan fingerprint density at radius 3 is 2.88 bits per heavy atom. The van der Waals surface area contributed by atoms with E-state index in [0.717, 1.165) is 30.9 Å². The Morgan fingerprint density at radius 2 is 2.18 bits per heavy atom. The van der Waals surface area contributed by atoms with Crippen LogP contribution in [0.1, 0.15) is 18.4 Å². The normalized spacial score (nSPS) is 21.7. The molecule has 0 amide bonds. The molecule has 4 heteroatoms. The molecule has 1 aromatic carbocycles. The Hall–Kier alpha value is -0.480. The summed E-state index contributed by atoms with van der Waals surface area (Å²) in [6, 6.07) is 3.83. The molecule has 0 saturated carbocycles. The van der Waals surface area contributed by atoms with E-state index in [1.807, 2.05) is 0 Å². The van der Waals surface area contributed by atoms with Crippen LogP contribution >= 0.6 is 15.9 Å². The van der Waals surface area contributed by atoms with E-state index >= 15 is 0 Å². The highest BCUT2D eigenvalue weighted by molar-refractivity contribution is 9.09. The van der Waals surface area contributed by atoms with Crippen LogP contribution in [0.5, 0.6) is 0 Å². The van der Waals surface area contributed by atoms with Gasteiger partial charge in [-0.1, -0.05) is 22.0 Å². The van der Waals surface area contributed by atoms with Crippen molar-refractivity contribution in [2.45, 2.75) is 19.4 Å². The molecule has 0 aromatic heterocycles.